The number of nitrogens with one attached hydrogen (secondary N) is 1. The highest BCUT2D eigenvalue weighted by atomic mass is 15.2. The van der Waals surface area contributed by atoms with Crippen LogP contribution in [-0.2, 0) is 6.54 Å². The van der Waals surface area contributed by atoms with Crippen molar-refractivity contribution in [3.63, 3.8) is 0 Å². The molecule has 0 aliphatic carbocycles. The Morgan fingerprint density at radius 1 is 1.29 bits per heavy atom. The molecule has 3 heteroatoms. The van der Waals surface area contributed by atoms with Crippen LogP contribution >= 0.6 is 0 Å². The lowest BCUT2D eigenvalue weighted by molar-refractivity contribution is 0.801. The van der Waals surface area contributed by atoms with Gasteiger partial charge in [-0.25, -0.2) is 4.98 Å². The first-order valence-corrected chi connectivity index (χ1v) is 5.80. The van der Waals surface area contributed by atoms with Gasteiger partial charge in [0.05, 0.1) is 0 Å². The van der Waals surface area contributed by atoms with Crippen LogP contribution in [-0.4, -0.2) is 25.1 Å². The summed E-state index contributed by atoms with van der Waals surface area (Å²) in [6.07, 6.45) is 3.75. The SMILES string of the molecule is C=CCN(CC=C)c1ccc(CNC)c(C)n1. The van der Waals surface area contributed by atoms with E-state index in [4.69, 9.17) is 0 Å². The second-order valence-electron chi connectivity index (χ2n) is 3.93. The molecule has 1 aromatic heterocycles. The predicted molar refractivity (Wildman–Crippen MR) is 74.3 cm³/mol. The molecule has 0 aromatic carbocycles. The Bertz CT molecular complexity index is 375. The van der Waals surface area contributed by atoms with Crippen molar-refractivity contribution >= 4 is 5.82 Å². The van der Waals surface area contributed by atoms with Gasteiger partial charge in [0.25, 0.3) is 0 Å². The fraction of sp³-hybridized carbons (Fsp3) is 0.357. The number of aromatic nitrogens is 1. The highest BCUT2D eigenvalue weighted by Gasteiger charge is 2.06. The topological polar surface area (TPSA) is 28.2 Å². The summed E-state index contributed by atoms with van der Waals surface area (Å²) in [4.78, 5) is 6.75. The Hall–Kier alpha value is -1.61. The Kier molecular flexibility index (Phi) is 5.43. The third-order valence-electron chi connectivity index (χ3n) is 2.57. The van der Waals surface area contributed by atoms with Gasteiger partial charge in [-0.1, -0.05) is 18.2 Å². The molecule has 0 fully saturated rings. The summed E-state index contributed by atoms with van der Waals surface area (Å²) < 4.78 is 0. The van der Waals surface area contributed by atoms with E-state index in [2.05, 4.69) is 34.4 Å². The average molecular weight is 231 g/mol. The number of aryl methyl sites for hydroxylation is 1. The summed E-state index contributed by atoms with van der Waals surface area (Å²) >= 11 is 0. The Labute approximate surface area is 104 Å². The predicted octanol–water partition coefficient (Wildman–Crippen LogP) is 2.29. The molecule has 0 saturated carbocycles. The van der Waals surface area contributed by atoms with Crippen LogP contribution in [0.3, 0.4) is 0 Å². The van der Waals surface area contributed by atoms with E-state index in [9.17, 15) is 0 Å². The Balaban J connectivity index is 2.92. The molecule has 0 unspecified atom stereocenters. The molecule has 0 amide bonds. The van der Waals surface area contributed by atoms with Crippen LogP contribution in [0.1, 0.15) is 11.3 Å². The van der Waals surface area contributed by atoms with E-state index in [1.54, 1.807) is 0 Å². The molecule has 0 spiro atoms. The second-order valence-corrected chi connectivity index (χ2v) is 3.93. The van der Waals surface area contributed by atoms with Crippen LogP contribution in [0.25, 0.3) is 0 Å². The van der Waals surface area contributed by atoms with Gasteiger partial charge in [0.2, 0.25) is 0 Å². The molecule has 3 nitrogen and oxygen atoms in total. The molecule has 0 radical (unpaired) electrons. The van der Waals surface area contributed by atoms with E-state index in [-0.39, 0.29) is 0 Å². The molecule has 1 N–H and O–H groups in total. The van der Waals surface area contributed by atoms with Gasteiger partial charge in [-0.3, -0.25) is 0 Å². The zero-order valence-corrected chi connectivity index (χ0v) is 10.7. The number of hydrogen-bond acceptors (Lipinski definition) is 3. The van der Waals surface area contributed by atoms with Gasteiger partial charge in [0, 0.05) is 25.3 Å². The van der Waals surface area contributed by atoms with Crippen LogP contribution in [0, 0.1) is 6.92 Å². The summed E-state index contributed by atoms with van der Waals surface area (Å²) in [6.45, 7) is 12.0. The monoisotopic (exact) mass is 231 g/mol. The van der Waals surface area contributed by atoms with Crippen molar-refractivity contribution in [1.29, 1.82) is 0 Å². The highest BCUT2D eigenvalue weighted by molar-refractivity contribution is 5.43. The molecule has 1 aromatic rings. The lowest BCUT2D eigenvalue weighted by atomic mass is 10.2. The van der Waals surface area contributed by atoms with Crippen molar-refractivity contribution in [2.75, 3.05) is 25.0 Å². The van der Waals surface area contributed by atoms with Crippen molar-refractivity contribution in [2.24, 2.45) is 0 Å². The maximum Gasteiger partial charge on any atom is 0.129 e. The standard InChI is InChI=1S/C14H21N3/c1-5-9-17(10-6-2)14-8-7-13(11-15-4)12(3)16-14/h5-8,15H,1-2,9-11H2,3-4H3. The van der Waals surface area contributed by atoms with E-state index in [0.29, 0.717) is 0 Å². The van der Waals surface area contributed by atoms with Gasteiger partial charge < -0.3 is 10.2 Å². The maximum absolute atomic E-state index is 4.62. The highest BCUT2D eigenvalue weighted by Crippen LogP contribution is 2.14. The number of rotatable bonds is 7. The van der Waals surface area contributed by atoms with Crippen LogP contribution in [0.2, 0.25) is 0 Å². The number of nitrogens with zero attached hydrogens (tertiary/aromatic N) is 2. The van der Waals surface area contributed by atoms with Crippen molar-refractivity contribution in [3.05, 3.63) is 48.7 Å². The normalized spacial score (nSPS) is 10.0. The van der Waals surface area contributed by atoms with Crippen LogP contribution in [0.5, 0.6) is 0 Å². The quantitative estimate of drug-likeness (QED) is 0.730. The fourth-order valence-electron chi connectivity index (χ4n) is 1.70. The van der Waals surface area contributed by atoms with Gasteiger partial charge in [-0.05, 0) is 25.6 Å². The summed E-state index contributed by atoms with van der Waals surface area (Å²) in [7, 11) is 1.94. The maximum atomic E-state index is 4.62. The van der Waals surface area contributed by atoms with E-state index < -0.39 is 0 Å². The number of anilines is 1. The zero-order valence-electron chi connectivity index (χ0n) is 10.7. The minimum absolute atomic E-state index is 0.782. The average Bonchev–Trinajstić information content (AvgIpc) is 2.32. The van der Waals surface area contributed by atoms with Gasteiger partial charge >= 0.3 is 0 Å². The largest absolute Gasteiger partial charge is 0.349 e. The molecule has 17 heavy (non-hydrogen) atoms. The second kappa shape index (κ2) is 6.86. The van der Waals surface area contributed by atoms with Crippen molar-refractivity contribution in [3.8, 4) is 0 Å². The summed E-state index contributed by atoms with van der Waals surface area (Å²) in [5.74, 6) is 0.974. The van der Waals surface area contributed by atoms with Gasteiger partial charge in [-0.2, -0.15) is 0 Å². The van der Waals surface area contributed by atoms with Gasteiger partial charge in [0.1, 0.15) is 5.82 Å². The molecule has 1 heterocycles. The molecular formula is C14H21N3. The molecule has 0 aliphatic heterocycles. The third kappa shape index (κ3) is 3.71. The zero-order chi connectivity index (χ0) is 12.7. The number of hydrogen-bond donors (Lipinski definition) is 1. The molecular weight excluding hydrogens is 210 g/mol. The molecule has 0 aliphatic rings. The smallest absolute Gasteiger partial charge is 0.129 e. The van der Waals surface area contributed by atoms with Crippen LogP contribution in [0.15, 0.2) is 37.4 Å². The van der Waals surface area contributed by atoms with Gasteiger partial charge in [0.15, 0.2) is 0 Å². The summed E-state index contributed by atoms with van der Waals surface area (Å²) in [6, 6.07) is 4.17. The molecule has 0 atom stereocenters. The third-order valence-corrected chi connectivity index (χ3v) is 2.57. The van der Waals surface area contributed by atoms with E-state index in [0.717, 1.165) is 31.1 Å². The van der Waals surface area contributed by atoms with Crippen molar-refractivity contribution < 1.29 is 0 Å². The number of pyridine rings is 1. The lowest BCUT2D eigenvalue weighted by Crippen LogP contribution is -2.24. The van der Waals surface area contributed by atoms with Gasteiger partial charge in [-0.15, -0.1) is 13.2 Å². The first-order chi connectivity index (χ1) is 8.22. The molecule has 1 rings (SSSR count). The Morgan fingerprint density at radius 2 is 1.94 bits per heavy atom. The molecule has 0 saturated heterocycles. The van der Waals surface area contributed by atoms with Crippen molar-refractivity contribution in [2.45, 2.75) is 13.5 Å². The molecule has 0 bridgehead atoms. The summed E-state index contributed by atoms with van der Waals surface area (Å²) in [5.41, 5.74) is 2.29. The minimum atomic E-state index is 0.782. The molecule has 92 valence electrons. The summed E-state index contributed by atoms with van der Waals surface area (Å²) in [5, 5.41) is 3.14. The minimum Gasteiger partial charge on any atom is -0.349 e. The van der Waals surface area contributed by atoms with E-state index in [1.807, 2.05) is 32.2 Å². The van der Waals surface area contributed by atoms with Crippen LogP contribution < -0.4 is 10.2 Å². The van der Waals surface area contributed by atoms with Crippen molar-refractivity contribution in [1.82, 2.24) is 10.3 Å². The van der Waals surface area contributed by atoms with Crippen LogP contribution in [0.4, 0.5) is 5.82 Å². The van der Waals surface area contributed by atoms with E-state index >= 15 is 0 Å². The first kappa shape index (κ1) is 13.5. The Morgan fingerprint density at radius 3 is 2.41 bits per heavy atom. The first-order valence-electron chi connectivity index (χ1n) is 5.80. The lowest BCUT2D eigenvalue weighted by Gasteiger charge is -2.21. The van der Waals surface area contributed by atoms with E-state index in [1.165, 1.54) is 5.56 Å². The fourth-order valence-corrected chi connectivity index (χ4v) is 1.70.